The van der Waals surface area contributed by atoms with Gasteiger partial charge in [-0.3, -0.25) is 0 Å². The van der Waals surface area contributed by atoms with E-state index in [9.17, 15) is 9.90 Å². The van der Waals surface area contributed by atoms with Crippen LogP contribution in [0.25, 0.3) is 0 Å². The minimum absolute atomic E-state index is 0.0475. The van der Waals surface area contributed by atoms with Gasteiger partial charge in [0.1, 0.15) is 5.78 Å². The Bertz CT molecular complexity index is 775. The fourth-order valence-corrected chi connectivity index (χ4v) is 7.80. The van der Waals surface area contributed by atoms with Crippen molar-refractivity contribution in [3.63, 3.8) is 0 Å². The molecule has 4 heteroatoms. The Kier molecular flexibility index (Phi) is 5.69. The molecule has 0 radical (unpaired) electrons. The summed E-state index contributed by atoms with van der Waals surface area (Å²) in [7, 11) is -1.97. The highest BCUT2D eigenvalue weighted by Gasteiger charge is 2.57. The maximum atomic E-state index is 12.8. The van der Waals surface area contributed by atoms with Gasteiger partial charge in [0, 0.05) is 20.7 Å². The first kappa shape index (κ1) is 18.3. The van der Waals surface area contributed by atoms with Crippen molar-refractivity contribution in [3.8, 4) is 0 Å². The molecular formula is C26H50O3Si. The van der Waals surface area contributed by atoms with E-state index in [1.54, 1.807) is 0 Å². The van der Waals surface area contributed by atoms with Crippen LogP contribution in [0.15, 0.2) is 0 Å². The normalized spacial score (nSPS) is 36.9. The summed E-state index contributed by atoms with van der Waals surface area (Å²) >= 11 is 0. The first-order chi connectivity index (χ1) is 16.0. The Hall–Kier alpha value is -0.193. The zero-order chi connectivity index (χ0) is 28.0. The van der Waals surface area contributed by atoms with Crippen molar-refractivity contribution in [2.24, 2.45) is 22.7 Å². The van der Waals surface area contributed by atoms with Crippen LogP contribution in [0.1, 0.15) is 114 Å². The molecule has 0 heterocycles. The number of aliphatic hydroxyl groups excluding tert-OH is 1. The SMILES string of the molecule is [2H]C([2H])([2H])C(=O)C[C@@](C)(CCCC(O)C([2H])([2H])[2H])[C@H]1CC[C@H]2[C@@H](O[Si](C)(C)C(C)(C)C)CCC[C@]12C. The first-order valence-electron chi connectivity index (χ1n) is 14.9. The lowest BCUT2D eigenvalue weighted by atomic mass is 9.55. The Morgan fingerprint density at radius 1 is 1.27 bits per heavy atom. The molecule has 0 aromatic heterocycles. The molecular weight excluding hydrogens is 388 g/mol. The highest BCUT2D eigenvalue weighted by Crippen LogP contribution is 2.63. The topological polar surface area (TPSA) is 46.5 Å². The van der Waals surface area contributed by atoms with Gasteiger partial charge in [-0.2, -0.15) is 0 Å². The third-order valence-corrected chi connectivity index (χ3v) is 13.5. The second-order valence-electron chi connectivity index (χ2n) is 12.2. The van der Waals surface area contributed by atoms with E-state index < -0.39 is 39.3 Å². The highest BCUT2D eigenvalue weighted by molar-refractivity contribution is 6.74. The largest absolute Gasteiger partial charge is 0.414 e. The summed E-state index contributed by atoms with van der Waals surface area (Å²) < 4.78 is 52.4. The number of Topliss-reactive ketones (excluding diaryl/α,β-unsaturated/α-hetero) is 1. The molecule has 0 aromatic carbocycles. The third-order valence-electron chi connectivity index (χ3n) is 8.95. The van der Waals surface area contributed by atoms with Crippen molar-refractivity contribution >= 4 is 14.1 Å². The summed E-state index contributed by atoms with van der Waals surface area (Å²) in [4.78, 5) is 12.8. The maximum absolute atomic E-state index is 12.8. The molecule has 176 valence electrons. The van der Waals surface area contributed by atoms with E-state index in [4.69, 9.17) is 12.7 Å². The molecule has 1 unspecified atom stereocenters. The van der Waals surface area contributed by atoms with Crippen LogP contribution in [-0.2, 0) is 9.22 Å². The fraction of sp³-hybridized carbons (Fsp3) is 0.962. The van der Waals surface area contributed by atoms with Crippen molar-refractivity contribution in [2.45, 2.75) is 136 Å². The summed E-state index contributed by atoms with van der Waals surface area (Å²) in [6.07, 6.45) is 4.79. The van der Waals surface area contributed by atoms with Crippen molar-refractivity contribution in [2.75, 3.05) is 0 Å². The van der Waals surface area contributed by atoms with E-state index in [1.807, 2.05) is 6.92 Å². The number of hydrogen-bond acceptors (Lipinski definition) is 3. The van der Waals surface area contributed by atoms with Crippen LogP contribution in [0, 0.1) is 22.7 Å². The molecule has 2 aliphatic rings. The third kappa shape index (κ3) is 5.59. The Labute approximate surface area is 196 Å². The van der Waals surface area contributed by atoms with Crippen molar-refractivity contribution in [1.82, 2.24) is 0 Å². The molecule has 1 N–H and O–H groups in total. The van der Waals surface area contributed by atoms with E-state index in [-0.39, 0.29) is 35.3 Å². The molecule has 0 aromatic rings. The summed E-state index contributed by atoms with van der Waals surface area (Å²) in [5, 5.41) is 10.2. The summed E-state index contributed by atoms with van der Waals surface area (Å²) in [5.41, 5.74) is -0.653. The number of fused-ring (bicyclic) bond motifs is 1. The molecule has 0 amide bonds. The zero-order valence-electron chi connectivity index (χ0n) is 26.4. The molecule has 30 heavy (non-hydrogen) atoms. The van der Waals surface area contributed by atoms with Crippen molar-refractivity contribution in [3.05, 3.63) is 0 Å². The number of hydrogen-bond donors (Lipinski definition) is 1. The van der Waals surface area contributed by atoms with Crippen LogP contribution in [0.2, 0.25) is 18.1 Å². The second kappa shape index (κ2) is 9.35. The molecule has 0 saturated heterocycles. The number of ketones is 1. The van der Waals surface area contributed by atoms with Gasteiger partial charge in [0.05, 0.1) is 6.10 Å². The molecule has 6 atom stereocenters. The van der Waals surface area contributed by atoms with E-state index in [0.29, 0.717) is 18.8 Å². The van der Waals surface area contributed by atoms with Crippen LogP contribution < -0.4 is 0 Å². The van der Waals surface area contributed by atoms with Crippen molar-refractivity contribution in [1.29, 1.82) is 0 Å². The number of aliphatic hydroxyl groups is 1. The average Bonchev–Trinajstić information content (AvgIpc) is 3.04. The van der Waals surface area contributed by atoms with E-state index >= 15 is 0 Å². The van der Waals surface area contributed by atoms with E-state index in [0.717, 1.165) is 32.1 Å². The van der Waals surface area contributed by atoms with Gasteiger partial charge in [0.2, 0.25) is 0 Å². The van der Waals surface area contributed by atoms with Crippen molar-refractivity contribution < 1.29 is 22.6 Å². The quantitative estimate of drug-likeness (QED) is 0.385. The fourth-order valence-electron chi connectivity index (χ4n) is 6.41. The molecule has 3 nitrogen and oxygen atoms in total. The average molecular weight is 445 g/mol. The number of rotatable bonds is 9. The summed E-state index contributed by atoms with van der Waals surface area (Å²) in [6.45, 7) is 10.6. The Morgan fingerprint density at radius 3 is 2.57 bits per heavy atom. The van der Waals surface area contributed by atoms with Gasteiger partial charge in [-0.1, -0.05) is 47.5 Å². The number of carbonyl (C=O) groups excluding carboxylic acids is 1. The van der Waals surface area contributed by atoms with E-state index in [2.05, 4.69) is 40.8 Å². The lowest BCUT2D eigenvalue weighted by Crippen LogP contribution is -2.51. The lowest BCUT2D eigenvalue weighted by molar-refractivity contribution is -0.122. The molecule has 2 aliphatic carbocycles. The Balaban J connectivity index is 2.32. The van der Waals surface area contributed by atoms with Gasteiger partial charge >= 0.3 is 0 Å². The highest BCUT2D eigenvalue weighted by atomic mass is 28.4. The number of carbonyl (C=O) groups is 1. The van der Waals surface area contributed by atoms with Crippen LogP contribution in [0.4, 0.5) is 0 Å². The maximum Gasteiger partial charge on any atom is 0.192 e. The van der Waals surface area contributed by atoms with Gasteiger partial charge in [0.15, 0.2) is 8.32 Å². The second-order valence-corrected chi connectivity index (χ2v) is 17.0. The van der Waals surface area contributed by atoms with Crippen LogP contribution >= 0.6 is 0 Å². The zero-order valence-corrected chi connectivity index (χ0v) is 21.4. The minimum Gasteiger partial charge on any atom is -0.414 e. The predicted octanol–water partition coefficient (Wildman–Crippen LogP) is 7.13. The predicted molar refractivity (Wildman–Crippen MR) is 129 cm³/mol. The molecule has 0 aliphatic heterocycles. The Morgan fingerprint density at radius 2 is 1.97 bits per heavy atom. The molecule has 2 fully saturated rings. The standard InChI is InChI=1S/C26H50O3Si/c1-19(27)12-10-16-25(6,18-20(2)28)23-15-14-21-22(13-11-17-26(21,23)7)29-30(8,9)24(3,4)5/h19,21-23,27H,10-18H2,1-9H3/t19?,21-,22-,23+,25+,26-/m0/s1/i1D3,2D3. The summed E-state index contributed by atoms with van der Waals surface area (Å²) in [5.74, 6) is -0.226. The molecule has 0 spiro atoms. The molecule has 2 rings (SSSR count). The monoisotopic (exact) mass is 444 g/mol. The smallest absolute Gasteiger partial charge is 0.192 e. The summed E-state index contributed by atoms with van der Waals surface area (Å²) in [6, 6.07) is 0. The van der Waals surface area contributed by atoms with Gasteiger partial charge in [-0.15, -0.1) is 0 Å². The first-order valence-corrected chi connectivity index (χ1v) is 14.8. The molecule has 2 saturated carbocycles. The van der Waals surface area contributed by atoms with E-state index in [1.165, 1.54) is 0 Å². The van der Waals surface area contributed by atoms with Gasteiger partial charge in [-0.25, -0.2) is 0 Å². The molecule has 0 bridgehead atoms. The van der Waals surface area contributed by atoms with Crippen LogP contribution in [0.5, 0.6) is 0 Å². The minimum atomic E-state index is -2.65. The van der Waals surface area contributed by atoms with Gasteiger partial charge < -0.3 is 14.3 Å². The van der Waals surface area contributed by atoms with Crippen LogP contribution in [-0.4, -0.2) is 31.4 Å². The van der Waals surface area contributed by atoms with Gasteiger partial charge in [-0.05, 0) is 93.0 Å². The lowest BCUT2D eigenvalue weighted by Gasteiger charge is -2.52. The van der Waals surface area contributed by atoms with Gasteiger partial charge in [0.25, 0.3) is 0 Å². The van der Waals surface area contributed by atoms with Crippen LogP contribution in [0.3, 0.4) is 0 Å².